The van der Waals surface area contributed by atoms with Crippen LogP contribution in [0.2, 0.25) is 0 Å². The molecule has 0 saturated heterocycles. The molecular weight excluding hydrogens is 275 g/mol. The molecule has 21 heavy (non-hydrogen) atoms. The lowest BCUT2D eigenvalue weighted by molar-refractivity contribution is -0.384. The van der Waals surface area contributed by atoms with Crippen LogP contribution in [0.3, 0.4) is 0 Å². The molecule has 5 nitrogen and oxygen atoms in total. The number of ether oxygens (including phenoxy) is 1. The summed E-state index contributed by atoms with van der Waals surface area (Å²) < 4.78 is 18.7. The summed E-state index contributed by atoms with van der Waals surface area (Å²) in [6, 6.07) is 9.23. The number of nitrogens with zero attached hydrogens (tertiary/aromatic N) is 1. The Labute approximate surface area is 121 Å². The molecule has 110 valence electrons. The van der Waals surface area contributed by atoms with Gasteiger partial charge >= 0.3 is 0 Å². The van der Waals surface area contributed by atoms with E-state index in [1.165, 1.54) is 12.1 Å². The van der Waals surface area contributed by atoms with Crippen LogP contribution in [-0.4, -0.2) is 12.0 Å². The third-order valence-electron chi connectivity index (χ3n) is 3.06. The third kappa shape index (κ3) is 3.47. The lowest BCUT2D eigenvalue weighted by atomic mass is 10.2. The highest BCUT2D eigenvalue weighted by atomic mass is 19.1. The minimum Gasteiger partial charge on any atom is -0.489 e. The van der Waals surface area contributed by atoms with Crippen molar-refractivity contribution in [2.45, 2.75) is 13.5 Å². The van der Waals surface area contributed by atoms with E-state index >= 15 is 0 Å². The fourth-order valence-electron chi connectivity index (χ4n) is 1.91. The van der Waals surface area contributed by atoms with Gasteiger partial charge in [-0.1, -0.05) is 0 Å². The predicted molar refractivity (Wildman–Crippen MR) is 78.1 cm³/mol. The quantitative estimate of drug-likeness (QED) is 0.674. The van der Waals surface area contributed by atoms with E-state index in [2.05, 4.69) is 5.32 Å². The highest BCUT2D eigenvalue weighted by Gasteiger charge is 2.13. The maximum atomic E-state index is 13.2. The first-order valence-electron chi connectivity index (χ1n) is 6.35. The summed E-state index contributed by atoms with van der Waals surface area (Å²) in [6.45, 7) is 1.91. The molecule has 0 aliphatic rings. The molecule has 0 bridgehead atoms. The Kier molecular flexibility index (Phi) is 4.37. The van der Waals surface area contributed by atoms with Gasteiger partial charge in [0.1, 0.15) is 23.9 Å². The van der Waals surface area contributed by atoms with Crippen molar-refractivity contribution in [3.8, 4) is 5.75 Å². The van der Waals surface area contributed by atoms with Gasteiger partial charge in [0.25, 0.3) is 5.69 Å². The lowest BCUT2D eigenvalue weighted by Crippen LogP contribution is -2.00. The van der Waals surface area contributed by atoms with Gasteiger partial charge < -0.3 is 10.1 Å². The lowest BCUT2D eigenvalue weighted by Gasteiger charge is -2.09. The number of nitro groups is 1. The highest BCUT2D eigenvalue weighted by molar-refractivity contribution is 5.62. The Balaban J connectivity index is 2.13. The molecular formula is C15H15FN2O3. The van der Waals surface area contributed by atoms with Gasteiger partial charge in [-0.25, -0.2) is 4.39 Å². The first kappa shape index (κ1) is 14.8. The SMILES string of the molecule is CNc1cc(COc2ccc(F)c(C)c2)ccc1[N+](=O)[O-]. The summed E-state index contributed by atoms with van der Waals surface area (Å²) >= 11 is 0. The van der Waals surface area contributed by atoms with E-state index in [9.17, 15) is 14.5 Å². The summed E-state index contributed by atoms with van der Waals surface area (Å²) in [5.41, 5.74) is 1.73. The largest absolute Gasteiger partial charge is 0.489 e. The van der Waals surface area contributed by atoms with Crippen molar-refractivity contribution in [1.29, 1.82) is 0 Å². The topological polar surface area (TPSA) is 64.4 Å². The monoisotopic (exact) mass is 290 g/mol. The second kappa shape index (κ2) is 6.21. The van der Waals surface area contributed by atoms with E-state index in [0.717, 1.165) is 5.56 Å². The van der Waals surface area contributed by atoms with Crippen LogP contribution in [0.4, 0.5) is 15.8 Å². The molecule has 0 amide bonds. The predicted octanol–water partition coefficient (Wildman–Crippen LogP) is 3.66. The van der Waals surface area contributed by atoms with E-state index in [1.807, 2.05) is 0 Å². The van der Waals surface area contributed by atoms with Crippen LogP contribution in [-0.2, 0) is 6.61 Å². The van der Waals surface area contributed by atoms with Crippen LogP contribution in [0, 0.1) is 22.9 Å². The summed E-state index contributed by atoms with van der Waals surface area (Å²) in [6.07, 6.45) is 0. The summed E-state index contributed by atoms with van der Waals surface area (Å²) in [7, 11) is 1.62. The van der Waals surface area contributed by atoms with Crippen LogP contribution in [0.25, 0.3) is 0 Å². The number of anilines is 1. The normalized spacial score (nSPS) is 10.2. The first-order chi connectivity index (χ1) is 10.0. The molecule has 0 spiro atoms. The smallest absolute Gasteiger partial charge is 0.292 e. The molecule has 0 atom stereocenters. The van der Waals surface area contributed by atoms with E-state index in [-0.39, 0.29) is 18.1 Å². The molecule has 6 heteroatoms. The first-order valence-corrected chi connectivity index (χ1v) is 6.35. The Morgan fingerprint density at radius 3 is 2.67 bits per heavy atom. The van der Waals surface area contributed by atoms with Gasteiger partial charge in [0, 0.05) is 13.1 Å². The minimum atomic E-state index is -0.445. The zero-order chi connectivity index (χ0) is 15.4. The third-order valence-corrected chi connectivity index (χ3v) is 3.06. The van der Waals surface area contributed by atoms with Crippen molar-refractivity contribution < 1.29 is 14.1 Å². The Morgan fingerprint density at radius 2 is 2.05 bits per heavy atom. The number of halogens is 1. The van der Waals surface area contributed by atoms with Crippen molar-refractivity contribution in [3.05, 3.63) is 63.5 Å². The molecule has 0 fully saturated rings. The number of nitro benzene ring substituents is 1. The molecule has 1 N–H and O–H groups in total. The van der Waals surface area contributed by atoms with Crippen LogP contribution in [0.15, 0.2) is 36.4 Å². The van der Waals surface area contributed by atoms with Gasteiger partial charge in [-0.15, -0.1) is 0 Å². The number of nitrogens with one attached hydrogen (secondary N) is 1. The molecule has 0 heterocycles. The van der Waals surface area contributed by atoms with Gasteiger partial charge in [-0.3, -0.25) is 10.1 Å². The molecule has 0 aromatic heterocycles. The van der Waals surface area contributed by atoms with Crippen molar-refractivity contribution in [2.24, 2.45) is 0 Å². The van der Waals surface area contributed by atoms with Crippen molar-refractivity contribution >= 4 is 11.4 Å². The molecule has 2 aromatic carbocycles. The fraction of sp³-hybridized carbons (Fsp3) is 0.200. The minimum absolute atomic E-state index is 0.0128. The molecule has 2 rings (SSSR count). The van der Waals surface area contributed by atoms with Gasteiger partial charge in [-0.2, -0.15) is 0 Å². The van der Waals surface area contributed by atoms with Crippen LogP contribution in [0.1, 0.15) is 11.1 Å². The maximum absolute atomic E-state index is 13.2. The zero-order valence-corrected chi connectivity index (χ0v) is 11.7. The molecule has 2 aromatic rings. The van der Waals surface area contributed by atoms with Crippen LogP contribution < -0.4 is 10.1 Å². The fourth-order valence-corrected chi connectivity index (χ4v) is 1.91. The molecule has 0 aliphatic heterocycles. The Bertz CT molecular complexity index is 674. The average Bonchev–Trinajstić information content (AvgIpc) is 2.48. The van der Waals surface area contributed by atoms with Crippen molar-refractivity contribution in [3.63, 3.8) is 0 Å². The summed E-state index contributed by atoms with van der Waals surface area (Å²) in [5, 5.41) is 13.6. The highest BCUT2D eigenvalue weighted by Crippen LogP contribution is 2.25. The molecule has 0 saturated carbocycles. The van der Waals surface area contributed by atoms with Crippen LogP contribution >= 0.6 is 0 Å². The van der Waals surface area contributed by atoms with E-state index in [0.29, 0.717) is 17.0 Å². The van der Waals surface area contributed by atoms with E-state index in [4.69, 9.17) is 4.74 Å². The second-order valence-electron chi connectivity index (χ2n) is 4.56. The average molecular weight is 290 g/mol. The summed E-state index contributed by atoms with van der Waals surface area (Å²) in [4.78, 5) is 10.4. The molecule has 0 radical (unpaired) electrons. The number of aryl methyl sites for hydroxylation is 1. The van der Waals surface area contributed by atoms with E-state index in [1.54, 1.807) is 38.2 Å². The summed E-state index contributed by atoms with van der Waals surface area (Å²) in [5.74, 6) is 0.272. The number of hydrogen-bond acceptors (Lipinski definition) is 4. The van der Waals surface area contributed by atoms with Crippen molar-refractivity contribution in [1.82, 2.24) is 0 Å². The van der Waals surface area contributed by atoms with Crippen molar-refractivity contribution in [2.75, 3.05) is 12.4 Å². The molecule has 0 aliphatic carbocycles. The number of rotatable bonds is 5. The van der Waals surface area contributed by atoms with E-state index < -0.39 is 4.92 Å². The van der Waals surface area contributed by atoms with Gasteiger partial charge in [0.2, 0.25) is 0 Å². The Hall–Kier alpha value is -2.63. The Morgan fingerprint density at radius 1 is 1.29 bits per heavy atom. The zero-order valence-electron chi connectivity index (χ0n) is 11.7. The second-order valence-corrected chi connectivity index (χ2v) is 4.56. The van der Waals surface area contributed by atoms with Crippen LogP contribution in [0.5, 0.6) is 5.75 Å². The number of benzene rings is 2. The van der Waals surface area contributed by atoms with Gasteiger partial charge in [-0.05, 0) is 48.4 Å². The standard InChI is InChI=1S/C15H15FN2O3/c1-10-7-12(4-5-13(10)16)21-9-11-3-6-15(18(19)20)14(8-11)17-2/h3-8,17H,9H2,1-2H3. The van der Waals surface area contributed by atoms with Gasteiger partial charge in [0.05, 0.1) is 4.92 Å². The van der Waals surface area contributed by atoms with Gasteiger partial charge in [0.15, 0.2) is 0 Å². The molecule has 0 unspecified atom stereocenters. The maximum Gasteiger partial charge on any atom is 0.292 e. The number of hydrogen-bond donors (Lipinski definition) is 1.